The molecule has 0 radical (unpaired) electrons. The Morgan fingerprint density at radius 1 is 1.50 bits per heavy atom. The van der Waals surface area contributed by atoms with Crippen LogP contribution in [0.15, 0.2) is 18.5 Å². The van der Waals surface area contributed by atoms with Gasteiger partial charge in [0.2, 0.25) is 0 Å². The van der Waals surface area contributed by atoms with Gasteiger partial charge in [-0.05, 0) is 39.7 Å². The Balaban J connectivity index is 1.95. The van der Waals surface area contributed by atoms with E-state index in [4.69, 9.17) is 15.2 Å². The minimum Gasteiger partial charge on any atom is -0.489 e. The minimum absolute atomic E-state index is 0.0284. The van der Waals surface area contributed by atoms with Gasteiger partial charge in [-0.25, -0.2) is 4.79 Å². The summed E-state index contributed by atoms with van der Waals surface area (Å²) in [7, 11) is 0. The highest BCUT2D eigenvalue weighted by atomic mass is 16.6. The third-order valence-electron chi connectivity index (χ3n) is 3.53. The maximum absolute atomic E-state index is 12.2. The lowest BCUT2D eigenvalue weighted by Gasteiger charge is -2.28. The molecule has 122 valence electrons. The fraction of sp³-hybridized carbons (Fsp3) is 0.625. The van der Waals surface area contributed by atoms with E-state index >= 15 is 0 Å². The standard InChI is InChI=1S/C16H25N3O3/c1-16(2,3)22-15(20)19-8-4-5-13(19)11-21-14-10-18-7-6-12(14)9-17/h6-7,10,13H,4-5,8-9,11,17H2,1-3H3/t13-/m0/s1. The van der Waals surface area contributed by atoms with Gasteiger partial charge in [0.15, 0.2) is 0 Å². The number of amides is 1. The first-order valence-corrected chi connectivity index (χ1v) is 7.66. The number of hydrogen-bond donors (Lipinski definition) is 1. The zero-order valence-corrected chi connectivity index (χ0v) is 13.5. The van der Waals surface area contributed by atoms with Crippen molar-refractivity contribution in [1.29, 1.82) is 0 Å². The third kappa shape index (κ3) is 4.34. The molecule has 1 aliphatic heterocycles. The molecule has 1 atom stereocenters. The highest BCUT2D eigenvalue weighted by molar-refractivity contribution is 5.69. The van der Waals surface area contributed by atoms with Crippen molar-refractivity contribution < 1.29 is 14.3 Å². The summed E-state index contributed by atoms with van der Waals surface area (Å²) in [6.07, 6.45) is 4.96. The van der Waals surface area contributed by atoms with E-state index in [0.717, 1.165) is 18.4 Å². The summed E-state index contributed by atoms with van der Waals surface area (Å²) < 4.78 is 11.3. The van der Waals surface area contributed by atoms with Crippen LogP contribution in [0.3, 0.4) is 0 Å². The molecule has 2 N–H and O–H groups in total. The van der Waals surface area contributed by atoms with Crippen molar-refractivity contribution in [3.8, 4) is 5.75 Å². The molecule has 6 nitrogen and oxygen atoms in total. The van der Waals surface area contributed by atoms with Crippen molar-refractivity contribution >= 4 is 6.09 Å². The number of likely N-dealkylation sites (tertiary alicyclic amines) is 1. The molecule has 1 aromatic heterocycles. The highest BCUT2D eigenvalue weighted by Gasteiger charge is 2.32. The third-order valence-corrected chi connectivity index (χ3v) is 3.53. The molecule has 0 spiro atoms. The molecule has 2 rings (SSSR count). The fourth-order valence-electron chi connectivity index (χ4n) is 2.46. The molecule has 0 aromatic carbocycles. The Morgan fingerprint density at radius 2 is 2.27 bits per heavy atom. The first-order valence-electron chi connectivity index (χ1n) is 7.66. The molecule has 2 heterocycles. The predicted octanol–water partition coefficient (Wildman–Crippen LogP) is 2.32. The molecular weight excluding hydrogens is 282 g/mol. The lowest BCUT2D eigenvalue weighted by molar-refractivity contribution is 0.0187. The summed E-state index contributed by atoms with van der Waals surface area (Å²) in [5.74, 6) is 0.682. The van der Waals surface area contributed by atoms with Crippen LogP contribution in [0.5, 0.6) is 5.75 Å². The fourth-order valence-corrected chi connectivity index (χ4v) is 2.46. The van der Waals surface area contributed by atoms with Crippen LogP contribution >= 0.6 is 0 Å². The van der Waals surface area contributed by atoms with Crippen LogP contribution in [-0.2, 0) is 11.3 Å². The van der Waals surface area contributed by atoms with Crippen LogP contribution in [0.4, 0.5) is 4.79 Å². The Morgan fingerprint density at radius 3 is 2.95 bits per heavy atom. The van der Waals surface area contributed by atoms with E-state index in [9.17, 15) is 4.79 Å². The topological polar surface area (TPSA) is 77.7 Å². The van der Waals surface area contributed by atoms with E-state index in [1.165, 1.54) is 0 Å². The summed E-state index contributed by atoms with van der Waals surface area (Å²) in [5.41, 5.74) is 6.12. The lowest BCUT2D eigenvalue weighted by atomic mass is 10.2. The number of nitrogens with zero attached hydrogens (tertiary/aromatic N) is 2. The molecule has 1 amide bonds. The van der Waals surface area contributed by atoms with Crippen LogP contribution in [-0.4, -0.2) is 40.8 Å². The normalized spacial score (nSPS) is 18.4. The van der Waals surface area contributed by atoms with Crippen molar-refractivity contribution in [2.45, 2.75) is 51.8 Å². The highest BCUT2D eigenvalue weighted by Crippen LogP contribution is 2.23. The number of carbonyl (C=O) groups excluding carboxylic acids is 1. The first-order chi connectivity index (χ1) is 10.4. The summed E-state index contributed by atoms with van der Waals surface area (Å²) in [6, 6.07) is 1.87. The zero-order chi connectivity index (χ0) is 16.2. The van der Waals surface area contributed by atoms with Crippen LogP contribution in [0.25, 0.3) is 0 Å². The summed E-state index contributed by atoms with van der Waals surface area (Å²) in [6.45, 7) is 7.15. The number of ether oxygens (including phenoxy) is 2. The average molecular weight is 307 g/mol. The van der Waals surface area contributed by atoms with Gasteiger partial charge in [0, 0.05) is 24.8 Å². The second-order valence-corrected chi connectivity index (χ2v) is 6.47. The maximum Gasteiger partial charge on any atom is 0.410 e. The second-order valence-electron chi connectivity index (χ2n) is 6.47. The van der Waals surface area contributed by atoms with Crippen molar-refractivity contribution in [3.05, 3.63) is 24.0 Å². The Kier molecular flexibility index (Phi) is 5.24. The minimum atomic E-state index is -0.485. The van der Waals surface area contributed by atoms with Crippen LogP contribution in [0.1, 0.15) is 39.2 Å². The number of nitrogens with two attached hydrogens (primary N) is 1. The zero-order valence-electron chi connectivity index (χ0n) is 13.5. The predicted molar refractivity (Wildman–Crippen MR) is 83.6 cm³/mol. The molecule has 0 aliphatic carbocycles. The number of rotatable bonds is 4. The van der Waals surface area contributed by atoms with Crippen molar-refractivity contribution in [1.82, 2.24) is 9.88 Å². The van der Waals surface area contributed by atoms with Crippen LogP contribution < -0.4 is 10.5 Å². The molecule has 0 bridgehead atoms. The van der Waals surface area contributed by atoms with Crippen molar-refractivity contribution in [2.24, 2.45) is 5.73 Å². The van der Waals surface area contributed by atoms with Gasteiger partial charge in [-0.2, -0.15) is 0 Å². The molecule has 1 saturated heterocycles. The van der Waals surface area contributed by atoms with Gasteiger partial charge in [-0.3, -0.25) is 4.98 Å². The molecule has 1 fully saturated rings. The van der Waals surface area contributed by atoms with Crippen LogP contribution in [0.2, 0.25) is 0 Å². The molecule has 0 saturated carbocycles. The van der Waals surface area contributed by atoms with Crippen molar-refractivity contribution in [2.75, 3.05) is 13.2 Å². The van der Waals surface area contributed by atoms with Gasteiger partial charge in [0.25, 0.3) is 0 Å². The Bertz CT molecular complexity index is 514. The molecule has 6 heteroatoms. The van der Waals surface area contributed by atoms with E-state index in [1.54, 1.807) is 17.3 Å². The van der Waals surface area contributed by atoms with E-state index in [0.29, 0.717) is 25.4 Å². The van der Waals surface area contributed by atoms with E-state index in [-0.39, 0.29) is 12.1 Å². The van der Waals surface area contributed by atoms with Gasteiger partial charge in [-0.15, -0.1) is 0 Å². The lowest BCUT2D eigenvalue weighted by Crippen LogP contribution is -2.42. The number of aromatic nitrogens is 1. The molecule has 0 unspecified atom stereocenters. The molecule has 22 heavy (non-hydrogen) atoms. The SMILES string of the molecule is CC(C)(C)OC(=O)N1CCC[C@H]1COc1cnccc1CN. The van der Waals surface area contributed by atoms with Crippen molar-refractivity contribution in [3.63, 3.8) is 0 Å². The van der Waals surface area contributed by atoms with Gasteiger partial charge in [0.05, 0.1) is 12.2 Å². The van der Waals surface area contributed by atoms with E-state index in [1.807, 2.05) is 26.8 Å². The average Bonchev–Trinajstić information content (AvgIpc) is 2.92. The Labute approximate surface area is 131 Å². The monoisotopic (exact) mass is 307 g/mol. The van der Waals surface area contributed by atoms with Gasteiger partial charge >= 0.3 is 6.09 Å². The quantitative estimate of drug-likeness (QED) is 0.923. The molecular formula is C16H25N3O3. The summed E-state index contributed by atoms with van der Waals surface area (Å²) >= 11 is 0. The van der Waals surface area contributed by atoms with Gasteiger partial charge in [0.1, 0.15) is 18.0 Å². The van der Waals surface area contributed by atoms with E-state index < -0.39 is 5.60 Å². The summed E-state index contributed by atoms with van der Waals surface area (Å²) in [5, 5.41) is 0. The summed E-state index contributed by atoms with van der Waals surface area (Å²) in [4.78, 5) is 18.0. The molecule has 1 aromatic rings. The Hall–Kier alpha value is -1.82. The number of pyridine rings is 1. The first kappa shape index (κ1) is 16.5. The smallest absolute Gasteiger partial charge is 0.410 e. The second kappa shape index (κ2) is 6.96. The van der Waals surface area contributed by atoms with Crippen LogP contribution in [0, 0.1) is 0 Å². The largest absolute Gasteiger partial charge is 0.489 e. The number of hydrogen-bond acceptors (Lipinski definition) is 5. The maximum atomic E-state index is 12.2. The number of carbonyl (C=O) groups is 1. The van der Waals surface area contributed by atoms with Gasteiger partial charge < -0.3 is 20.1 Å². The molecule has 1 aliphatic rings. The van der Waals surface area contributed by atoms with Gasteiger partial charge in [-0.1, -0.05) is 0 Å². The van der Waals surface area contributed by atoms with E-state index in [2.05, 4.69) is 4.98 Å².